The van der Waals surface area contributed by atoms with Crippen molar-refractivity contribution >= 4 is 0 Å². The lowest BCUT2D eigenvalue weighted by Gasteiger charge is -2.25. The van der Waals surface area contributed by atoms with Crippen LogP contribution in [0.5, 0.6) is 0 Å². The number of unbranched alkanes of at least 4 members (excludes halogenated alkanes) is 9. The lowest BCUT2D eigenvalue weighted by molar-refractivity contribution is -0.0319. The van der Waals surface area contributed by atoms with Gasteiger partial charge in [-0.2, -0.15) is 0 Å². The molecule has 0 aliphatic rings. The van der Waals surface area contributed by atoms with Gasteiger partial charge >= 0.3 is 0 Å². The fourth-order valence-corrected chi connectivity index (χ4v) is 2.61. The van der Waals surface area contributed by atoms with Gasteiger partial charge in [0.25, 0.3) is 0 Å². The van der Waals surface area contributed by atoms with Gasteiger partial charge in [0, 0.05) is 6.61 Å². The van der Waals surface area contributed by atoms with Gasteiger partial charge in [0.1, 0.15) is 0 Å². The Morgan fingerprint density at radius 2 is 1.10 bits per heavy atom. The summed E-state index contributed by atoms with van der Waals surface area (Å²) in [6.07, 6.45) is 14.2. The first kappa shape index (κ1) is 19.9. The molecule has 0 aliphatic carbocycles. The molecule has 0 aromatic heterocycles. The van der Waals surface area contributed by atoms with Crippen LogP contribution in [-0.2, 0) is 0 Å². The molecule has 0 radical (unpaired) electrons. The third-order valence-electron chi connectivity index (χ3n) is 4.09. The second-order valence-corrected chi connectivity index (χ2v) is 6.14. The van der Waals surface area contributed by atoms with Crippen LogP contribution in [-0.4, -0.2) is 34.1 Å². The van der Waals surface area contributed by atoms with E-state index >= 15 is 0 Å². The fourth-order valence-electron chi connectivity index (χ4n) is 2.61. The third-order valence-corrected chi connectivity index (χ3v) is 4.09. The molecule has 0 saturated carbocycles. The molecule has 0 rings (SSSR count). The molecule has 122 valence electrons. The van der Waals surface area contributed by atoms with Crippen LogP contribution < -0.4 is 0 Å². The second-order valence-electron chi connectivity index (χ2n) is 6.14. The minimum absolute atomic E-state index is 0.157. The Bertz CT molecular complexity index is 197. The summed E-state index contributed by atoms with van der Waals surface area (Å²) in [4.78, 5) is 0. The summed E-state index contributed by atoms with van der Waals surface area (Å²) in [6, 6.07) is 0. The van der Waals surface area contributed by atoms with E-state index in [1.54, 1.807) is 0 Å². The summed E-state index contributed by atoms with van der Waals surface area (Å²) in [6.45, 7) is 2.25. The van der Waals surface area contributed by atoms with Gasteiger partial charge in [-0.15, -0.1) is 0 Å². The maximum Gasteiger partial charge on any atom is 0.0877 e. The van der Waals surface area contributed by atoms with Crippen molar-refractivity contribution in [3.63, 3.8) is 0 Å². The second kappa shape index (κ2) is 13.8. The molecule has 20 heavy (non-hydrogen) atoms. The van der Waals surface area contributed by atoms with Crippen LogP contribution in [0.25, 0.3) is 0 Å². The normalized spacial score (nSPS) is 14.4. The van der Waals surface area contributed by atoms with Crippen molar-refractivity contribution in [1.82, 2.24) is 0 Å². The Hall–Kier alpha value is -0.120. The average molecular weight is 288 g/mol. The standard InChI is InChI=1S/C17H36O3/c1-2-3-4-5-6-7-8-9-10-13-17(20,16-19)14-11-12-15-18/h18-20H,2-16H2,1H3. The van der Waals surface area contributed by atoms with Gasteiger partial charge in [-0.05, 0) is 25.7 Å². The molecule has 0 fully saturated rings. The van der Waals surface area contributed by atoms with E-state index < -0.39 is 5.60 Å². The van der Waals surface area contributed by atoms with Gasteiger partial charge in [-0.25, -0.2) is 0 Å². The van der Waals surface area contributed by atoms with Gasteiger partial charge in [-0.3, -0.25) is 0 Å². The number of hydrogen-bond donors (Lipinski definition) is 3. The predicted molar refractivity (Wildman–Crippen MR) is 84.8 cm³/mol. The van der Waals surface area contributed by atoms with E-state index in [0.717, 1.165) is 19.3 Å². The Balaban J connectivity index is 3.45. The molecule has 0 aliphatic heterocycles. The van der Waals surface area contributed by atoms with Gasteiger partial charge in [0.2, 0.25) is 0 Å². The summed E-state index contributed by atoms with van der Waals surface area (Å²) < 4.78 is 0. The van der Waals surface area contributed by atoms with Crippen molar-refractivity contribution in [1.29, 1.82) is 0 Å². The quantitative estimate of drug-likeness (QED) is 0.402. The summed E-state index contributed by atoms with van der Waals surface area (Å²) in [5.74, 6) is 0. The zero-order valence-electron chi connectivity index (χ0n) is 13.4. The minimum Gasteiger partial charge on any atom is -0.396 e. The van der Waals surface area contributed by atoms with Crippen molar-refractivity contribution in [2.75, 3.05) is 13.2 Å². The van der Waals surface area contributed by atoms with Crippen molar-refractivity contribution < 1.29 is 15.3 Å². The van der Waals surface area contributed by atoms with Gasteiger partial charge in [0.15, 0.2) is 0 Å². The average Bonchev–Trinajstić information content (AvgIpc) is 2.46. The van der Waals surface area contributed by atoms with Crippen LogP contribution in [0, 0.1) is 0 Å². The largest absolute Gasteiger partial charge is 0.396 e. The van der Waals surface area contributed by atoms with Crippen LogP contribution in [0.15, 0.2) is 0 Å². The molecule has 0 heterocycles. The number of aliphatic hydroxyl groups excluding tert-OH is 2. The van der Waals surface area contributed by atoms with E-state index in [9.17, 15) is 10.2 Å². The molecular formula is C17H36O3. The molecule has 3 N–H and O–H groups in total. The van der Waals surface area contributed by atoms with Crippen LogP contribution in [0.2, 0.25) is 0 Å². The molecule has 0 spiro atoms. The van der Waals surface area contributed by atoms with Crippen LogP contribution >= 0.6 is 0 Å². The van der Waals surface area contributed by atoms with Gasteiger partial charge < -0.3 is 15.3 Å². The molecule has 0 bridgehead atoms. The predicted octanol–water partition coefficient (Wildman–Crippen LogP) is 3.79. The highest BCUT2D eigenvalue weighted by molar-refractivity contribution is 4.77. The molecule has 1 atom stereocenters. The molecular weight excluding hydrogens is 252 g/mol. The topological polar surface area (TPSA) is 60.7 Å². The lowest BCUT2D eigenvalue weighted by Crippen LogP contribution is -2.33. The highest BCUT2D eigenvalue weighted by Crippen LogP contribution is 2.22. The molecule has 0 aromatic rings. The fraction of sp³-hybridized carbons (Fsp3) is 1.00. The van der Waals surface area contributed by atoms with Gasteiger partial charge in [0.05, 0.1) is 12.2 Å². The minimum atomic E-state index is -0.920. The maximum atomic E-state index is 10.2. The van der Waals surface area contributed by atoms with Crippen molar-refractivity contribution in [3.8, 4) is 0 Å². The maximum absolute atomic E-state index is 10.2. The molecule has 0 amide bonds. The smallest absolute Gasteiger partial charge is 0.0877 e. The van der Waals surface area contributed by atoms with E-state index in [0.29, 0.717) is 19.3 Å². The Kier molecular flexibility index (Phi) is 13.8. The molecule has 0 saturated heterocycles. The van der Waals surface area contributed by atoms with Crippen molar-refractivity contribution in [2.24, 2.45) is 0 Å². The van der Waals surface area contributed by atoms with E-state index in [2.05, 4.69) is 6.92 Å². The van der Waals surface area contributed by atoms with Crippen LogP contribution in [0.3, 0.4) is 0 Å². The Morgan fingerprint density at radius 3 is 1.55 bits per heavy atom. The molecule has 1 unspecified atom stereocenters. The highest BCUT2D eigenvalue weighted by Gasteiger charge is 2.24. The summed E-state index contributed by atoms with van der Waals surface area (Å²) in [5.41, 5.74) is -0.920. The van der Waals surface area contributed by atoms with E-state index in [-0.39, 0.29) is 13.2 Å². The van der Waals surface area contributed by atoms with Crippen molar-refractivity contribution in [2.45, 2.75) is 96.0 Å². The third kappa shape index (κ3) is 11.7. The van der Waals surface area contributed by atoms with Crippen LogP contribution in [0.4, 0.5) is 0 Å². The van der Waals surface area contributed by atoms with Crippen LogP contribution in [0.1, 0.15) is 90.4 Å². The summed E-state index contributed by atoms with van der Waals surface area (Å²) in [5, 5.41) is 28.3. The first-order valence-electron chi connectivity index (χ1n) is 8.62. The van der Waals surface area contributed by atoms with E-state index in [4.69, 9.17) is 5.11 Å². The Labute approximate surface area is 125 Å². The zero-order valence-corrected chi connectivity index (χ0v) is 13.4. The lowest BCUT2D eigenvalue weighted by atomic mass is 9.91. The molecule has 3 heteroatoms. The van der Waals surface area contributed by atoms with E-state index in [1.807, 2.05) is 0 Å². The highest BCUT2D eigenvalue weighted by atomic mass is 16.3. The number of aliphatic hydroxyl groups is 3. The van der Waals surface area contributed by atoms with E-state index in [1.165, 1.54) is 44.9 Å². The summed E-state index contributed by atoms with van der Waals surface area (Å²) in [7, 11) is 0. The monoisotopic (exact) mass is 288 g/mol. The number of hydrogen-bond acceptors (Lipinski definition) is 3. The summed E-state index contributed by atoms with van der Waals surface area (Å²) >= 11 is 0. The molecule has 0 aromatic carbocycles. The first-order valence-corrected chi connectivity index (χ1v) is 8.62. The number of rotatable bonds is 15. The zero-order chi connectivity index (χ0) is 15.1. The first-order chi connectivity index (χ1) is 9.68. The van der Waals surface area contributed by atoms with Crippen molar-refractivity contribution in [3.05, 3.63) is 0 Å². The molecule has 3 nitrogen and oxygen atoms in total. The SMILES string of the molecule is CCCCCCCCCCCC(O)(CO)CCCCO. The Morgan fingerprint density at radius 1 is 0.650 bits per heavy atom. The van der Waals surface area contributed by atoms with Gasteiger partial charge in [-0.1, -0.05) is 64.7 Å².